The van der Waals surface area contributed by atoms with Crippen molar-refractivity contribution in [2.75, 3.05) is 0 Å². The van der Waals surface area contributed by atoms with Gasteiger partial charge >= 0.3 is 5.97 Å². The van der Waals surface area contributed by atoms with Gasteiger partial charge in [-0.15, -0.1) is 16.4 Å². The van der Waals surface area contributed by atoms with Crippen LogP contribution in [0.1, 0.15) is 11.3 Å². The second kappa shape index (κ2) is 7.69. The number of aromatic nitrogens is 4. The van der Waals surface area contributed by atoms with E-state index in [2.05, 4.69) is 15.3 Å². The van der Waals surface area contributed by atoms with Gasteiger partial charge < -0.3 is 4.74 Å². The lowest BCUT2D eigenvalue weighted by molar-refractivity contribution is -0.147. The van der Waals surface area contributed by atoms with Gasteiger partial charge in [-0.05, 0) is 25.1 Å². The normalized spacial score (nSPS) is 10.9. The lowest BCUT2D eigenvalue weighted by atomic mass is 10.1. The third-order valence-corrected chi connectivity index (χ3v) is 5.06. The number of carbonyl (C=O) groups excluding carboxylic acids is 1. The lowest BCUT2D eigenvalue weighted by Crippen LogP contribution is -2.26. The summed E-state index contributed by atoms with van der Waals surface area (Å²) in [5, 5.41) is 10.9. The fourth-order valence-corrected chi connectivity index (χ4v) is 3.56. The van der Waals surface area contributed by atoms with Crippen molar-refractivity contribution in [3.8, 4) is 10.6 Å². The molecule has 4 aromatic rings. The van der Waals surface area contributed by atoms with E-state index in [0.717, 1.165) is 20.8 Å². The van der Waals surface area contributed by atoms with E-state index in [9.17, 15) is 9.59 Å². The number of ether oxygens (including phenoxy) is 1. The molecule has 0 N–H and O–H groups in total. The van der Waals surface area contributed by atoms with Crippen molar-refractivity contribution in [3.05, 3.63) is 75.5 Å². The molecule has 0 saturated carbocycles. The van der Waals surface area contributed by atoms with Crippen LogP contribution in [0.4, 0.5) is 0 Å². The second-order valence-corrected chi connectivity index (χ2v) is 7.11. The quantitative estimate of drug-likeness (QED) is 0.485. The first-order chi connectivity index (χ1) is 13.6. The van der Waals surface area contributed by atoms with Crippen LogP contribution in [0.3, 0.4) is 0 Å². The van der Waals surface area contributed by atoms with Crippen molar-refractivity contribution in [2.45, 2.75) is 20.1 Å². The van der Waals surface area contributed by atoms with Gasteiger partial charge in [0.05, 0.1) is 17.5 Å². The minimum absolute atomic E-state index is 0.0259. The molecule has 0 amide bonds. The van der Waals surface area contributed by atoms with Crippen molar-refractivity contribution < 1.29 is 9.53 Å². The van der Waals surface area contributed by atoms with Crippen LogP contribution in [0.5, 0.6) is 0 Å². The Kier molecular flexibility index (Phi) is 4.94. The molecule has 8 heteroatoms. The molecule has 0 aliphatic carbocycles. The van der Waals surface area contributed by atoms with Crippen LogP contribution in [-0.2, 0) is 22.7 Å². The minimum atomic E-state index is -0.483. The molecule has 0 atom stereocenters. The van der Waals surface area contributed by atoms with Gasteiger partial charge in [0.25, 0.3) is 5.56 Å². The van der Waals surface area contributed by atoms with Gasteiger partial charge in [-0.3, -0.25) is 9.59 Å². The summed E-state index contributed by atoms with van der Waals surface area (Å²) in [5.74, 6) is -0.483. The van der Waals surface area contributed by atoms with Crippen molar-refractivity contribution in [1.82, 2.24) is 20.0 Å². The highest BCUT2D eigenvalue weighted by Gasteiger charge is 2.12. The Balaban J connectivity index is 1.42. The zero-order chi connectivity index (χ0) is 19.5. The van der Waals surface area contributed by atoms with Gasteiger partial charge in [-0.25, -0.2) is 4.98 Å². The fourth-order valence-electron chi connectivity index (χ4n) is 2.74. The van der Waals surface area contributed by atoms with Gasteiger partial charge in [-0.2, -0.15) is 4.68 Å². The molecule has 0 spiro atoms. The number of thiazole rings is 1. The Morgan fingerprint density at radius 3 is 2.89 bits per heavy atom. The van der Waals surface area contributed by atoms with Crippen LogP contribution in [-0.4, -0.2) is 25.9 Å². The smallest absolute Gasteiger partial charge is 0.313 e. The van der Waals surface area contributed by atoms with Crippen LogP contribution in [0, 0.1) is 6.92 Å². The highest BCUT2D eigenvalue weighted by Crippen LogP contribution is 2.24. The molecule has 7 nitrogen and oxygen atoms in total. The summed E-state index contributed by atoms with van der Waals surface area (Å²) < 4.78 is 6.21. The summed E-state index contributed by atoms with van der Waals surface area (Å²) in [6.07, 6.45) is 0.0259. The van der Waals surface area contributed by atoms with E-state index in [0.29, 0.717) is 16.6 Å². The standard InChI is InChI=1S/C20H16N4O3S/c1-13-5-4-6-14(9-13)19-21-15(11-28-19)10-18(25)27-12-24-20(26)16-7-2-3-8-17(16)22-23-24/h2-9,11H,10,12H2,1H3. The lowest BCUT2D eigenvalue weighted by Gasteiger charge is -2.06. The predicted molar refractivity (Wildman–Crippen MR) is 106 cm³/mol. The van der Waals surface area contributed by atoms with E-state index in [-0.39, 0.29) is 18.7 Å². The van der Waals surface area contributed by atoms with Crippen LogP contribution in [0.25, 0.3) is 21.5 Å². The number of fused-ring (bicyclic) bond motifs is 1. The van der Waals surface area contributed by atoms with Gasteiger partial charge in [0.15, 0.2) is 6.73 Å². The molecule has 0 aliphatic heterocycles. The minimum Gasteiger partial charge on any atom is -0.442 e. The molecule has 4 rings (SSSR count). The number of aryl methyl sites for hydroxylation is 1. The van der Waals surface area contributed by atoms with Gasteiger partial charge in [0.2, 0.25) is 0 Å². The molecule has 2 aromatic carbocycles. The largest absolute Gasteiger partial charge is 0.442 e. The molecule has 0 radical (unpaired) electrons. The Bertz CT molecular complexity index is 1220. The van der Waals surface area contributed by atoms with E-state index in [1.54, 1.807) is 24.3 Å². The molecule has 0 fully saturated rings. The summed E-state index contributed by atoms with van der Waals surface area (Å²) >= 11 is 1.48. The molecule has 140 valence electrons. The summed E-state index contributed by atoms with van der Waals surface area (Å²) in [7, 11) is 0. The SMILES string of the molecule is Cc1cccc(-c2nc(CC(=O)OCn3nnc4ccccc4c3=O)cs2)c1. The maximum atomic E-state index is 12.3. The van der Waals surface area contributed by atoms with Crippen molar-refractivity contribution in [2.24, 2.45) is 0 Å². The monoisotopic (exact) mass is 392 g/mol. The van der Waals surface area contributed by atoms with E-state index < -0.39 is 5.97 Å². The molecule has 2 aromatic heterocycles. The van der Waals surface area contributed by atoms with Gasteiger partial charge in [-0.1, -0.05) is 41.1 Å². The third-order valence-electron chi connectivity index (χ3n) is 4.12. The molecule has 28 heavy (non-hydrogen) atoms. The summed E-state index contributed by atoms with van der Waals surface area (Å²) in [5.41, 5.74) is 2.94. The predicted octanol–water partition coefficient (Wildman–Crippen LogP) is 2.97. The molecule has 0 unspecified atom stereocenters. The van der Waals surface area contributed by atoms with Gasteiger partial charge in [0, 0.05) is 10.9 Å². The highest BCUT2D eigenvalue weighted by atomic mass is 32.1. The maximum Gasteiger partial charge on any atom is 0.313 e. The third kappa shape index (κ3) is 3.81. The van der Waals surface area contributed by atoms with Crippen LogP contribution in [0.15, 0.2) is 58.7 Å². The Morgan fingerprint density at radius 1 is 1.18 bits per heavy atom. The van der Waals surface area contributed by atoms with Crippen molar-refractivity contribution in [1.29, 1.82) is 0 Å². The van der Waals surface area contributed by atoms with E-state index in [1.165, 1.54) is 11.3 Å². The summed E-state index contributed by atoms with van der Waals surface area (Å²) in [4.78, 5) is 29.0. The van der Waals surface area contributed by atoms with Crippen molar-refractivity contribution >= 4 is 28.2 Å². The second-order valence-electron chi connectivity index (χ2n) is 6.25. The highest BCUT2D eigenvalue weighted by molar-refractivity contribution is 7.13. The molecule has 0 saturated heterocycles. The zero-order valence-electron chi connectivity index (χ0n) is 15.0. The van der Waals surface area contributed by atoms with Crippen LogP contribution >= 0.6 is 11.3 Å². The van der Waals surface area contributed by atoms with Crippen molar-refractivity contribution in [3.63, 3.8) is 0 Å². The summed E-state index contributed by atoms with van der Waals surface area (Å²) in [6, 6.07) is 14.9. The Labute approximate surface area is 164 Å². The number of hydrogen-bond acceptors (Lipinski definition) is 7. The number of hydrogen-bond donors (Lipinski definition) is 0. The first kappa shape index (κ1) is 18.0. The molecule has 0 bridgehead atoms. The number of esters is 1. The van der Waals surface area contributed by atoms with E-state index in [4.69, 9.17) is 4.74 Å². The number of carbonyl (C=O) groups is 1. The van der Waals surface area contributed by atoms with Gasteiger partial charge in [0.1, 0.15) is 10.5 Å². The number of benzene rings is 2. The fraction of sp³-hybridized carbons (Fsp3) is 0.150. The molecule has 0 aliphatic rings. The first-order valence-corrected chi connectivity index (χ1v) is 9.48. The number of nitrogens with zero attached hydrogens (tertiary/aromatic N) is 4. The molecular formula is C20H16N4O3S. The zero-order valence-corrected chi connectivity index (χ0v) is 15.8. The average molecular weight is 392 g/mol. The van der Waals surface area contributed by atoms with E-state index in [1.807, 2.05) is 36.6 Å². The maximum absolute atomic E-state index is 12.3. The average Bonchev–Trinajstić information content (AvgIpc) is 3.16. The Morgan fingerprint density at radius 2 is 2.04 bits per heavy atom. The first-order valence-electron chi connectivity index (χ1n) is 8.60. The van der Waals surface area contributed by atoms with Crippen LogP contribution < -0.4 is 5.56 Å². The molecular weight excluding hydrogens is 376 g/mol. The topological polar surface area (TPSA) is 87.0 Å². The summed E-state index contributed by atoms with van der Waals surface area (Å²) in [6.45, 7) is 1.73. The van der Waals surface area contributed by atoms with Crippen LogP contribution in [0.2, 0.25) is 0 Å². The Hall–Kier alpha value is -3.39. The van der Waals surface area contributed by atoms with E-state index >= 15 is 0 Å². The molecule has 2 heterocycles. The number of rotatable bonds is 5.